The molecule has 0 spiro atoms. The summed E-state index contributed by atoms with van der Waals surface area (Å²) in [5.41, 5.74) is 1.08. The maximum atomic E-state index is 10.9. The molecule has 0 aliphatic heterocycles. The van der Waals surface area contributed by atoms with Gasteiger partial charge in [-0.05, 0) is 28.1 Å². The van der Waals surface area contributed by atoms with Gasteiger partial charge in [-0.2, -0.15) is 0 Å². The van der Waals surface area contributed by atoms with Crippen LogP contribution >= 0.6 is 15.9 Å². The number of ether oxygens (including phenoxy) is 1. The average Bonchev–Trinajstić information content (AvgIpc) is 2.92. The van der Waals surface area contributed by atoms with Crippen molar-refractivity contribution in [2.45, 2.75) is 0 Å². The molecule has 2 aromatic heterocycles. The van der Waals surface area contributed by atoms with Crippen molar-refractivity contribution in [3.05, 3.63) is 45.3 Å². The van der Waals surface area contributed by atoms with E-state index in [2.05, 4.69) is 31.0 Å². The van der Waals surface area contributed by atoms with Gasteiger partial charge in [0.1, 0.15) is 4.60 Å². The normalized spacial score (nSPS) is 10.8. The Hall–Kier alpha value is -2.55. The fourth-order valence-corrected chi connectivity index (χ4v) is 2.25. The summed E-state index contributed by atoms with van der Waals surface area (Å²) in [5, 5.41) is 15.2. The first-order valence-corrected chi connectivity index (χ1v) is 6.58. The Balaban J connectivity index is 2.14. The van der Waals surface area contributed by atoms with E-state index in [1.807, 2.05) is 0 Å². The van der Waals surface area contributed by atoms with Crippen LogP contribution in [-0.4, -0.2) is 31.6 Å². The van der Waals surface area contributed by atoms with Crippen LogP contribution in [0.25, 0.3) is 17.0 Å². The minimum atomic E-state index is -0.500. The molecule has 106 valence electrons. The van der Waals surface area contributed by atoms with Gasteiger partial charge in [-0.1, -0.05) is 0 Å². The highest BCUT2D eigenvalue weighted by Gasteiger charge is 2.17. The molecule has 0 N–H and O–H groups in total. The van der Waals surface area contributed by atoms with E-state index in [4.69, 9.17) is 4.74 Å². The molecule has 3 rings (SSSR count). The summed E-state index contributed by atoms with van der Waals surface area (Å²) < 4.78 is 7.28. The Kier molecular flexibility index (Phi) is 3.26. The second-order valence-corrected chi connectivity index (χ2v) is 4.89. The smallest absolute Gasteiger partial charge is 0.310 e. The van der Waals surface area contributed by atoms with Gasteiger partial charge in [0.05, 0.1) is 24.4 Å². The van der Waals surface area contributed by atoms with Crippen LogP contribution in [0.3, 0.4) is 0 Å². The van der Waals surface area contributed by atoms with Crippen molar-refractivity contribution in [3.8, 4) is 17.1 Å². The van der Waals surface area contributed by atoms with E-state index < -0.39 is 4.92 Å². The van der Waals surface area contributed by atoms with Crippen molar-refractivity contribution in [2.75, 3.05) is 7.11 Å². The lowest BCUT2D eigenvalue weighted by atomic mass is 10.2. The number of benzene rings is 1. The lowest BCUT2D eigenvalue weighted by molar-refractivity contribution is -0.385. The lowest BCUT2D eigenvalue weighted by Gasteiger charge is -2.02. The Morgan fingerprint density at radius 3 is 2.86 bits per heavy atom. The zero-order valence-electron chi connectivity index (χ0n) is 10.7. The summed E-state index contributed by atoms with van der Waals surface area (Å²) in [6, 6.07) is 4.48. The molecule has 0 saturated carbocycles. The second-order valence-electron chi connectivity index (χ2n) is 4.08. The first-order chi connectivity index (χ1) is 10.1. The van der Waals surface area contributed by atoms with Gasteiger partial charge in [0.2, 0.25) is 0 Å². The van der Waals surface area contributed by atoms with E-state index in [-0.39, 0.29) is 11.4 Å². The molecule has 0 radical (unpaired) electrons. The third-order valence-corrected chi connectivity index (χ3v) is 3.38. The molecular formula is C12H8BrN5O3. The van der Waals surface area contributed by atoms with Gasteiger partial charge in [-0.15, -0.1) is 5.10 Å². The number of nitro groups is 1. The van der Waals surface area contributed by atoms with E-state index in [9.17, 15) is 10.1 Å². The van der Waals surface area contributed by atoms with E-state index in [1.165, 1.54) is 19.2 Å². The van der Waals surface area contributed by atoms with Gasteiger partial charge in [0.15, 0.2) is 17.2 Å². The number of hydrogen-bond donors (Lipinski definition) is 0. The summed E-state index contributed by atoms with van der Waals surface area (Å²) in [5.74, 6) is 0.588. The van der Waals surface area contributed by atoms with Crippen LogP contribution in [0.5, 0.6) is 5.75 Å². The Morgan fingerprint density at radius 2 is 2.19 bits per heavy atom. The number of methoxy groups -OCH3 is 1. The number of halogens is 1. The van der Waals surface area contributed by atoms with Crippen LogP contribution in [0.1, 0.15) is 0 Å². The molecule has 0 saturated heterocycles. The van der Waals surface area contributed by atoms with Crippen LogP contribution in [0.2, 0.25) is 0 Å². The highest BCUT2D eigenvalue weighted by Crippen LogP contribution is 2.31. The molecule has 21 heavy (non-hydrogen) atoms. The summed E-state index contributed by atoms with van der Waals surface area (Å²) in [6.07, 6.45) is 3.17. The van der Waals surface area contributed by atoms with Crippen LogP contribution in [-0.2, 0) is 0 Å². The molecule has 0 fully saturated rings. The summed E-state index contributed by atoms with van der Waals surface area (Å²) in [6.45, 7) is 0. The quantitative estimate of drug-likeness (QED) is 0.532. The molecule has 0 atom stereocenters. The SMILES string of the molecule is COc1cc(-c2nc3cncc(Br)n3n2)ccc1[N+](=O)[O-]. The van der Waals surface area contributed by atoms with Crippen molar-refractivity contribution in [1.82, 2.24) is 19.6 Å². The van der Waals surface area contributed by atoms with E-state index in [1.54, 1.807) is 23.0 Å². The number of aromatic nitrogens is 4. The van der Waals surface area contributed by atoms with Crippen LogP contribution in [0, 0.1) is 10.1 Å². The van der Waals surface area contributed by atoms with E-state index >= 15 is 0 Å². The highest BCUT2D eigenvalue weighted by atomic mass is 79.9. The van der Waals surface area contributed by atoms with E-state index in [0.717, 1.165) is 0 Å². The van der Waals surface area contributed by atoms with E-state index in [0.29, 0.717) is 21.6 Å². The van der Waals surface area contributed by atoms with Gasteiger partial charge >= 0.3 is 5.69 Å². The minimum Gasteiger partial charge on any atom is -0.490 e. The fraction of sp³-hybridized carbons (Fsp3) is 0.0833. The summed E-state index contributed by atoms with van der Waals surface area (Å²) >= 11 is 3.33. The van der Waals surface area contributed by atoms with Crippen LogP contribution in [0.15, 0.2) is 35.2 Å². The topological polar surface area (TPSA) is 95.5 Å². The van der Waals surface area contributed by atoms with Gasteiger partial charge in [-0.25, -0.2) is 9.50 Å². The van der Waals surface area contributed by atoms with Gasteiger partial charge < -0.3 is 4.74 Å². The van der Waals surface area contributed by atoms with Crippen LogP contribution in [0.4, 0.5) is 5.69 Å². The Labute approximate surface area is 126 Å². The number of hydrogen-bond acceptors (Lipinski definition) is 6. The van der Waals surface area contributed by atoms with Crippen molar-refractivity contribution >= 4 is 27.3 Å². The summed E-state index contributed by atoms with van der Waals surface area (Å²) in [7, 11) is 1.38. The molecule has 0 unspecified atom stereocenters. The predicted octanol–water partition coefficient (Wildman–Crippen LogP) is 2.47. The Bertz CT molecular complexity index is 848. The first kappa shape index (κ1) is 13.4. The third kappa shape index (κ3) is 2.31. The predicted molar refractivity (Wildman–Crippen MR) is 77.1 cm³/mol. The number of nitro benzene ring substituents is 1. The molecule has 2 heterocycles. The fourth-order valence-electron chi connectivity index (χ4n) is 1.87. The highest BCUT2D eigenvalue weighted by molar-refractivity contribution is 9.10. The zero-order valence-corrected chi connectivity index (χ0v) is 12.3. The van der Waals surface area contributed by atoms with Crippen LogP contribution < -0.4 is 4.74 Å². The maximum absolute atomic E-state index is 10.9. The molecule has 1 aromatic carbocycles. The monoisotopic (exact) mass is 349 g/mol. The molecule has 0 amide bonds. The molecule has 8 nitrogen and oxygen atoms in total. The molecular weight excluding hydrogens is 342 g/mol. The molecule has 0 bridgehead atoms. The Morgan fingerprint density at radius 1 is 1.38 bits per heavy atom. The largest absolute Gasteiger partial charge is 0.490 e. The number of rotatable bonds is 3. The zero-order chi connectivity index (χ0) is 15.0. The third-order valence-electron chi connectivity index (χ3n) is 2.84. The molecule has 3 aromatic rings. The van der Waals surface area contributed by atoms with Crippen molar-refractivity contribution in [1.29, 1.82) is 0 Å². The minimum absolute atomic E-state index is 0.104. The number of fused-ring (bicyclic) bond motifs is 1. The lowest BCUT2D eigenvalue weighted by Crippen LogP contribution is -1.94. The molecule has 0 aliphatic carbocycles. The standard InChI is InChI=1S/C12H8BrN5O3/c1-21-9-4-7(2-3-8(9)18(19)20)12-15-11-6-14-5-10(13)17(11)16-12/h2-6H,1H3. The second kappa shape index (κ2) is 5.09. The molecule has 0 aliphatic rings. The van der Waals surface area contributed by atoms with Crippen molar-refractivity contribution < 1.29 is 9.66 Å². The van der Waals surface area contributed by atoms with Gasteiger partial charge in [0, 0.05) is 11.6 Å². The molecule has 9 heteroatoms. The van der Waals surface area contributed by atoms with Crippen molar-refractivity contribution in [2.24, 2.45) is 0 Å². The summed E-state index contributed by atoms with van der Waals surface area (Å²) in [4.78, 5) is 18.7. The number of nitrogens with zero attached hydrogens (tertiary/aromatic N) is 5. The first-order valence-electron chi connectivity index (χ1n) is 5.79. The van der Waals surface area contributed by atoms with Gasteiger partial charge in [-0.3, -0.25) is 15.1 Å². The van der Waals surface area contributed by atoms with Crippen molar-refractivity contribution in [3.63, 3.8) is 0 Å². The maximum Gasteiger partial charge on any atom is 0.310 e. The average molecular weight is 350 g/mol. The van der Waals surface area contributed by atoms with Gasteiger partial charge in [0.25, 0.3) is 0 Å².